The van der Waals surface area contributed by atoms with Crippen molar-refractivity contribution in [2.45, 2.75) is 33.2 Å². The lowest BCUT2D eigenvalue weighted by molar-refractivity contribution is -0.117. The lowest BCUT2D eigenvalue weighted by atomic mass is 9.97. The summed E-state index contributed by atoms with van der Waals surface area (Å²) >= 11 is 12.0. The van der Waals surface area contributed by atoms with Gasteiger partial charge in [-0.25, -0.2) is 0 Å². The molecule has 2 aromatic rings. The number of carbonyl (C=O) groups is 1. The molecule has 0 spiro atoms. The van der Waals surface area contributed by atoms with Gasteiger partial charge in [-0.15, -0.1) is 0 Å². The van der Waals surface area contributed by atoms with Gasteiger partial charge in [0.2, 0.25) is 5.91 Å². The Hall–Kier alpha value is -1.77. The highest BCUT2D eigenvalue weighted by atomic mass is 35.5. The van der Waals surface area contributed by atoms with Crippen molar-refractivity contribution in [3.8, 4) is 0 Å². The van der Waals surface area contributed by atoms with E-state index in [1.807, 2.05) is 0 Å². The van der Waals surface area contributed by atoms with Gasteiger partial charge in [0, 0.05) is 16.1 Å². The Bertz CT molecular complexity index is 768. The van der Waals surface area contributed by atoms with E-state index in [0.29, 0.717) is 10.0 Å². The molecule has 0 bridgehead atoms. The van der Waals surface area contributed by atoms with Crippen LogP contribution in [0.15, 0.2) is 42.5 Å². The van der Waals surface area contributed by atoms with Crippen LogP contribution in [0.1, 0.15) is 41.6 Å². The molecule has 2 rings (SSSR count). The summed E-state index contributed by atoms with van der Waals surface area (Å²) in [4.78, 5) is 12.2. The topological polar surface area (TPSA) is 29.1 Å². The normalized spacial score (nSPS) is 12.4. The predicted molar refractivity (Wildman–Crippen MR) is 103 cm³/mol. The summed E-state index contributed by atoms with van der Waals surface area (Å²) in [6.45, 7) is 6.19. The second-order valence-corrected chi connectivity index (χ2v) is 6.67. The summed E-state index contributed by atoms with van der Waals surface area (Å²) in [6.07, 6.45) is 4.02. The third-order valence-corrected chi connectivity index (χ3v) is 4.46. The molecule has 0 fully saturated rings. The van der Waals surface area contributed by atoms with Gasteiger partial charge in [0.15, 0.2) is 0 Å². The summed E-state index contributed by atoms with van der Waals surface area (Å²) < 4.78 is 0. The van der Waals surface area contributed by atoms with E-state index in [1.165, 1.54) is 17.2 Å². The van der Waals surface area contributed by atoms with Gasteiger partial charge in [0.25, 0.3) is 0 Å². The Balaban J connectivity index is 2.10. The molecule has 1 N–H and O–H groups in total. The number of halogens is 2. The van der Waals surface area contributed by atoms with Crippen LogP contribution < -0.4 is 5.32 Å². The van der Waals surface area contributed by atoms with Gasteiger partial charge in [-0.1, -0.05) is 60.0 Å². The Morgan fingerprint density at radius 3 is 2.54 bits per heavy atom. The fraction of sp³-hybridized carbons (Fsp3) is 0.250. The Morgan fingerprint density at radius 2 is 1.92 bits per heavy atom. The maximum Gasteiger partial charge on any atom is 0.244 e. The molecule has 0 aliphatic rings. The van der Waals surface area contributed by atoms with E-state index >= 15 is 0 Å². The zero-order chi connectivity index (χ0) is 17.7. The molecule has 2 nitrogen and oxygen atoms in total. The highest BCUT2D eigenvalue weighted by Crippen LogP contribution is 2.23. The van der Waals surface area contributed by atoms with Gasteiger partial charge in [-0.3, -0.25) is 4.79 Å². The third-order valence-electron chi connectivity index (χ3n) is 3.90. The first kappa shape index (κ1) is 18.6. The average Bonchev–Trinajstić information content (AvgIpc) is 2.52. The molecule has 0 aromatic heterocycles. The van der Waals surface area contributed by atoms with Crippen LogP contribution in [-0.4, -0.2) is 5.91 Å². The number of benzene rings is 2. The number of amides is 1. The van der Waals surface area contributed by atoms with Crippen molar-refractivity contribution in [1.82, 2.24) is 5.32 Å². The van der Waals surface area contributed by atoms with Crippen molar-refractivity contribution < 1.29 is 4.79 Å². The van der Waals surface area contributed by atoms with Gasteiger partial charge < -0.3 is 5.32 Å². The number of hydrogen-bond acceptors (Lipinski definition) is 1. The minimum Gasteiger partial charge on any atom is -0.346 e. The maximum atomic E-state index is 12.2. The molecule has 4 heteroatoms. The smallest absolute Gasteiger partial charge is 0.244 e. The average molecular weight is 362 g/mol. The minimum atomic E-state index is -0.146. The van der Waals surface area contributed by atoms with Gasteiger partial charge in [-0.2, -0.15) is 0 Å². The SMILES string of the molecule is CC[C@@H](NC(=O)/C=C/c1ccc(Cl)cc1Cl)c1ccc(C)cc1C. The highest BCUT2D eigenvalue weighted by molar-refractivity contribution is 6.35. The minimum absolute atomic E-state index is 0.0107. The number of nitrogens with one attached hydrogen (secondary N) is 1. The Kier molecular flexibility index (Phi) is 6.47. The molecular formula is C20H21Cl2NO. The molecule has 0 saturated heterocycles. The van der Waals surface area contributed by atoms with Crippen molar-refractivity contribution >= 4 is 35.2 Å². The van der Waals surface area contributed by atoms with E-state index < -0.39 is 0 Å². The van der Waals surface area contributed by atoms with Crippen LogP contribution in [0.5, 0.6) is 0 Å². The van der Waals surface area contributed by atoms with Crippen molar-refractivity contribution in [2.75, 3.05) is 0 Å². The fourth-order valence-electron chi connectivity index (χ4n) is 2.64. The van der Waals surface area contributed by atoms with Gasteiger partial charge >= 0.3 is 0 Å². The lowest BCUT2D eigenvalue weighted by Gasteiger charge is -2.19. The monoisotopic (exact) mass is 361 g/mol. The van der Waals surface area contributed by atoms with Crippen LogP contribution >= 0.6 is 23.2 Å². The summed E-state index contributed by atoms with van der Waals surface area (Å²) in [5, 5.41) is 4.14. The molecule has 0 radical (unpaired) electrons. The summed E-state index contributed by atoms with van der Waals surface area (Å²) in [6, 6.07) is 11.5. The first-order valence-corrected chi connectivity index (χ1v) is 8.67. The van der Waals surface area contributed by atoms with Gasteiger partial charge in [0.1, 0.15) is 0 Å². The molecule has 126 valence electrons. The van der Waals surface area contributed by atoms with E-state index in [9.17, 15) is 4.79 Å². The van der Waals surface area contributed by atoms with Crippen molar-refractivity contribution in [3.63, 3.8) is 0 Å². The number of aryl methyl sites for hydroxylation is 2. The second kappa shape index (κ2) is 8.36. The molecule has 0 aliphatic heterocycles. The molecule has 0 aliphatic carbocycles. The van der Waals surface area contributed by atoms with E-state index in [2.05, 4.69) is 44.3 Å². The van der Waals surface area contributed by atoms with Crippen molar-refractivity contribution in [2.24, 2.45) is 0 Å². The van der Waals surface area contributed by atoms with Gasteiger partial charge in [-0.05, 0) is 55.2 Å². The molecule has 0 heterocycles. The van der Waals surface area contributed by atoms with Crippen LogP contribution in [0, 0.1) is 13.8 Å². The Labute approximate surface area is 153 Å². The van der Waals surface area contributed by atoms with Crippen LogP contribution in [0.25, 0.3) is 6.08 Å². The van der Waals surface area contributed by atoms with Crippen LogP contribution in [-0.2, 0) is 4.79 Å². The summed E-state index contributed by atoms with van der Waals surface area (Å²) in [5.74, 6) is -0.146. The van der Waals surface area contributed by atoms with Crippen molar-refractivity contribution in [3.05, 3.63) is 74.8 Å². The number of carbonyl (C=O) groups excluding carboxylic acids is 1. The Morgan fingerprint density at radius 1 is 1.17 bits per heavy atom. The summed E-state index contributed by atoms with van der Waals surface area (Å²) in [7, 11) is 0. The molecule has 0 saturated carbocycles. The molecular weight excluding hydrogens is 341 g/mol. The second-order valence-electron chi connectivity index (χ2n) is 5.83. The first-order valence-electron chi connectivity index (χ1n) is 7.91. The van der Waals surface area contributed by atoms with Crippen LogP contribution in [0.2, 0.25) is 10.0 Å². The summed E-state index contributed by atoms with van der Waals surface area (Å²) in [5.41, 5.74) is 4.31. The molecule has 2 aromatic carbocycles. The number of hydrogen-bond donors (Lipinski definition) is 1. The van der Waals surface area contributed by atoms with E-state index in [0.717, 1.165) is 17.5 Å². The maximum absolute atomic E-state index is 12.2. The highest BCUT2D eigenvalue weighted by Gasteiger charge is 2.13. The molecule has 24 heavy (non-hydrogen) atoms. The largest absolute Gasteiger partial charge is 0.346 e. The van der Waals surface area contributed by atoms with Crippen LogP contribution in [0.4, 0.5) is 0 Å². The zero-order valence-electron chi connectivity index (χ0n) is 14.1. The lowest BCUT2D eigenvalue weighted by Crippen LogP contribution is -2.26. The standard InChI is InChI=1S/C20H21Cl2NO/c1-4-19(17-9-5-13(2)11-14(17)3)23-20(24)10-7-15-6-8-16(21)12-18(15)22/h5-12,19H,4H2,1-3H3,(H,23,24)/b10-7+/t19-/m1/s1. The quantitative estimate of drug-likeness (QED) is 0.660. The van der Waals surface area contributed by atoms with Crippen molar-refractivity contribution in [1.29, 1.82) is 0 Å². The zero-order valence-corrected chi connectivity index (χ0v) is 15.6. The van der Waals surface area contributed by atoms with Gasteiger partial charge in [0.05, 0.1) is 6.04 Å². The van der Waals surface area contributed by atoms with E-state index in [1.54, 1.807) is 24.3 Å². The fourth-order valence-corrected chi connectivity index (χ4v) is 3.11. The predicted octanol–water partition coefficient (Wildman–Crippen LogP) is 5.89. The van der Waals surface area contributed by atoms with E-state index in [4.69, 9.17) is 23.2 Å². The molecule has 0 unspecified atom stereocenters. The van der Waals surface area contributed by atoms with E-state index in [-0.39, 0.29) is 11.9 Å². The molecule has 1 atom stereocenters. The van der Waals surface area contributed by atoms with Crippen LogP contribution in [0.3, 0.4) is 0 Å². The molecule has 1 amide bonds. The third kappa shape index (κ3) is 4.86. The first-order chi connectivity index (χ1) is 11.4. The number of rotatable bonds is 5.